The standard InChI is InChI=1S/C11H21N3O2/c1-6-15-8(2)10-13-9(16-14-10)7-12-11(3,4)5/h8,12H,6-7H2,1-5H3. The van der Waals surface area contributed by atoms with Crippen LogP contribution in [0.3, 0.4) is 0 Å². The summed E-state index contributed by atoms with van der Waals surface area (Å²) in [5, 5.41) is 7.17. The normalized spacial score (nSPS) is 14.1. The monoisotopic (exact) mass is 227 g/mol. The lowest BCUT2D eigenvalue weighted by Crippen LogP contribution is -2.35. The number of hydrogen-bond donors (Lipinski definition) is 1. The van der Waals surface area contributed by atoms with Gasteiger partial charge in [0.05, 0.1) is 6.54 Å². The molecule has 0 aliphatic heterocycles. The molecule has 0 bridgehead atoms. The number of aromatic nitrogens is 2. The molecule has 1 heterocycles. The molecule has 0 fully saturated rings. The van der Waals surface area contributed by atoms with Crippen molar-refractivity contribution in [2.24, 2.45) is 0 Å². The molecule has 1 aromatic heterocycles. The summed E-state index contributed by atoms with van der Waals surface area (Å²) in [6.07, 6.45) is -0.114. The van der Waals surface area contributed by atoms with Crippen LogP contribution in [0.2, 0.25) is 0 Å². The maximum Gasteiger partial charge on any atom is 0.240 e. The number of hydrogen-bond acceptors (Lipinski definition) is 5. The molecule has 0 aliphatic rings. The van der Waals surface area contributed by atoms with Crippen molar-refractivity contribution in [2.45, 2.75) is 52.8 Å². The van der Waals surface area contributed by atoms with Gasteiger partial charge in [0.15, 0.2) is 5.82 Å². The first-order valence-electron chi connectivity index (χ1n) is 5.61. The summed E-state index contributed by atoms with van der Waals surface area (Å²) in [6, 6.07) is 0. The van der Waals surface area contributed by atoms with Gasteiger partial charge in [0.25, 0.3) is 0 Å². The van der Waals surface area contributed by atoms with Crippen LogP contribution in [0.4, 0.5) is 0 Å². The molecular weight excluding hydrogens is 206 g/mol. The predicted octanol–water partition coefficient (Wildman–Crippen LogP) is 2.06. The second-order valence-electron chi connectivity index (χ2n) is 4.75. The molecule has 0 radical (unpaired) electrons. The van der Waals surface area contributed by atoms with Crippen LogP contribution >= 0.6 is 0 Å². The van der Waals surface area contributed by atoms with Crippen molar-refractivity contribution in [3.8, 4) is 0 Å². The molecular formula is C11H21N3O2. The predicted molar refractivity (Wildman–Crippen MR) is 60.9 cm³/mol. The molecule has 0 aromatic carbocycles. The molecule has 0 aliphatic carbocycles. The van der Waals surface area contributed by atoms with Crippen LogP contribution in [-0.4, -0.2) is 22.3 Å². The molecule has 5 nitrogen and oxygen atoms in total. The Kier molecular flexibility index (Phi) is 4.44. The lowest BCUT2D eigenvalue weighted by atomic mass is 10.1. The highest BCUT2D eigenvalue weighted by molar-refractivity contribution is 4.90. The topological polar surface area (TPSA) is 60.2 Å². The molecule has 92 valence electrons. The van der Waals surface area contributed by atoms with E-state index in [4.69, 9.17) is 9.26 Å². The Morgan fingerprint density at radius 3 is 2.69 bits per heavy atom. The lowest BCUT2D eigenvalue weighted by Gasteiger charge is -2.18. The smallest absolute Gasteiger partial charge is 0.240 e. The van der Waals surface area contributed by atoms with Gasteiger partial charge in [-0.2, -0.15) is 4.98 Å². The Bertz CT molecular complexity index is 317. The third-order valence-electron chi connectivity index (χ3n) is 2.03. The zero-order valence-corrected chi connectivity index (χ0v) is 10.7. The van der Waals surface area contributed by atoms with E-state index in [-0.39, 0.29) is 11.6 Å². The van der Waals surface area contributed by atoms with Crippen LogP contribution in [0.1, 0.15) is 52.4 Å². The molecule has 0 amide bonds. The van der Waals surface area contributed by atoms with Crippen molar-refractivity contribution < 1.29 is 9.26 Å². The summed E-state index contributed by atoms with van der Waals surface area (Å²) in [5.41, 5.74) is 0.0418. The van der Waals surface area contributed by atoms with Gasteiger partial charge >= 0.3 is 0 Å². The highest BCUT2D eigenvalue weighted by Crippen LogP contribution is 2.12. The number of nitrogens with zero attached hydrogens (tertiary/aromatic N) is 2. The van der Waals surface area contributed by atoms with E-state index in [1.807, 2.05) is 13.8 Å². The Hall–Kier alpha value is -0.940. The minimum absolute atomic E-state index is 0.0418. The van der Waals surface area contributed by atoms with E-state index in [2.05, 4.69) is 36.2 Å². The number of nitrogens with one attached hydrogen (secondary N) is 1. The van der Waals surface area contributed by atoms with E-state index < -0.39 is 0 Å². The molecule has 0 saturated carbocycles. The van der Waals surface area contributed by atoms with Gasteiger partial charge in [0.2, 0.25) is 5.89 Å². The average molecular weight is 227 g/mol. The number of rotatable bonds is 5. The Morgan fingerprint density at radius 2 is 2.12 bits per heavy atom. The molecule has 16 heavy (non-hydrogen) atoms. The first-order valence-corrected chi connectivity index (χ1v) is 5.61. The van der Waals surface area contributed by atoms with Gasteiger partial charge in [0, 0.05) is 12.1 Å². The van der Waals surface area contributed by atoms with E-state index in [0.29, 0.717) is 24.9 Å². The molecule has 1 N–H and O–H groups in total. The summed E-state index contributed by atoms with van der Waals surface area (Å²) in [5.74, 6) is 1.20. The average Bonchev–Trinajstić information content (AvgIpc) is 2.62. The number of ether oxygens (including phenoxy) is 1. The highest BCUT2D eigenvalue weighted by Gasteiger charge is 2.15. The lowest BCUT2D eigenvalue weighted by molar-refractivity contribution is 0.0683. The summed E-state index contributed by atoms with van der Waals surface area (Å²) in [4.78, 5) is 4.27. The second-order valence-corrected chi connectivity index (χ2v) is 4.75. The SMILES string of the molecule is CCOC(C)c1noc(CNC(C)(C)C)n1. The van der Waals surface area contributed by atoms with Crippen molar-refractivity contribution in [3.05, 3.63) is 11.7 Å². The van der Waals surface area contributed by atoms with Crippen molar-refractivity contribution >= 4 is 0 Å². The zero-order valence-electron chi connectivity index (χ0n) is 10.7. The second kappa shape index (κ2) is 5.41. The summed E-state index contributed by atoms with van der Waals surface area (Å²) in [7, 11) is 0. The zero-order chi connectivity index (χ0) is 12.2. The van der Waals surface area contributed by atoms with Crippen LogP contribution in [0.5, 0.6) is 0 Å². The minimum Gasteiger partial charge on any atom is -0.371 e. The Morgan fingerprint density at radius 1 is 1.44 bits per heavy atom. The largest absolute Gasteiger partial charge is 0.371 e. The van der Waals surface area contributed by atoms with E-state index >= 15 is 0 Å². The van der Waals surface area contributed by atoms with Gasteiger partial charge < -0.3 is 14.6 Å². The maximum atomic E-state index is 5.38. The Balaban J connectivity index is 2.51. The molecule has 1 atom stereocenters. The molecule has 1 rings (SSSR count). The summed E-state index contributed by atoms with van der Waals surface area (Å²) in [6.45, 7) is 11.3. The maximum absolute atomic E-state index is 5.38. The summed E-state index contributed by atoms with van der Waals surface area (Å²) < 4.78 is 10.5. The minimum atomic E-state index is -0.114. The molecule has 0 saturated heterocycles. The van der Waals surface area contributed by atoms with Crippen LogP contribution in [0.15, 0.2) is 4.52 Å². The fraction of sp³-hybridized carbons (Fsp3) is 0.818. The highest BCUT2D eigenvalue weighted by atomic mass is 16.5. The summed E-state index contributed by atoms with van der Waals surface area (Å²) >= 11 is 0. The molecule has 0 spiro atoms. The van der Waals surface area contributed by atoms with Gasteiger partial charge in [-0.3, -0.25) is 0 Å². The Labute approximate surface area is 96.6 Å². The van der Waals surface area contributed by atoms with E-state index in [1.165, 1.54) is 0 Å². The fourth-order valence-electron chi connectivity index (χ4n) is 1.17. The first-order chi connectivity index (χ1) is 7.42. The van der Waals surface area contributed by atoms with Gasteiger partial charge in [-0.25, -0.2) is 0 Å². The molecule has 5 heteroatoms. The molecule has 1 unspecified atom stereocenters. The third-order valence-corrected chi connectivity index (χ3v) is 2.03. The van der Waals surface area contributed by atoms with Gasteiger partial charge in [0.1, 0.15) is 6.10 Å². The van der Waals surface area contributed by atoms with Crippen LogP contribution < -0.4 is 5.32 Å². The van der Waals surface area contributed by atoms with Crippen LogP contribution in [0.25, 0.3) is 0 Å². The van der Waals surface area contributed by atoms with Crippen molar-refractivity contribution in [1.29, 1.82) is 0 Å². The molecule has 1 aromatic rings. The van der Waals surface area contributed by atoms with Gasteiger partial charge in [-0.15, -0.1) is 0 Å². The van der Waals surface area contributed by atoms with Crippen molar-refractivity contribution in [3.63, 3.8) is 0 Å². The van der Waals surface area contributed by atoms with Crippen LogP contribution in [-0.2, 0) is 11.3 Å². The van der Waals surface area contributed by atoms with Gasteiger partial charge in [-0.1, -0.05) is 5.16 Å². The van der Waals surface area contributed by atoms with Crippen molar-refractivity contribution in [2.75, 3.05) is 6.61 Å². The van der Waals surface area contributed by atoms with Crippen molar-refractivity contribution in [1.82, 2.24) is 15.5 Å². The third kappa shape index (κ3) is 4.28. The van der Waals surface area contributed by atoms with Gasteiger partial charge in [-0.05, 0) is 34.6 Å². The van der Waals surface area contributed by atoms with E-state index in [0.717, 1.165) is 0 Å². The van der Waals surface area contributed by atoms with Crippen LogP contribution in [0, 0.1) is 0 Å². The first kappa shape index (κ1) is 13.1. The quantitative estimate of drug-likeness (QED) is 0.834. The van der Waals surface area contributed by atoms with E-state index in [9.17, 15) is 0 Å². The fourth-order valence-corrected chi connectivity index (χ4v) is 1.17. The van der Waals surface area contributed by atoms with E-state index in [1.54, 1.807) is 0 Å².